The highest BCUT2D eigenvalue weighted by atomic mass is 32.2. The fourth-order valence-corrected chi connectivity index (χ4v) is 8.82. The Morgan fingerprint density at radius 2 is 1.48 bits per heavy atom. The minimum atomic E-state index is -0.963. The average Bonchev–Trinajstić information content (AvgIpc) is 3.77. The van der Waals surface area contributed by atoms with E-state index in [2.05, 4.69) is 35.1 Å². The molecule has 2 rings (SSSR count). The van der Waals surface area contributed by atoms with E-state index in [0.717, 1.165) is 44.1 Å². The molecule has 4 N–H and O–H groups in total. The summed E-state index contributed by atoms with van der Waals surface area (Å²) in [6.45, 7) is 17.8. The highest BCUT2D eigenvalue weighted by Crippen LogP contribution is 2.29. The van der Waals surface area contributed by atoms with Gasteiger partial charge in [0.1, 0.15) is 18.7 Å². The number of rotatable bonds is 29. The summed E-state index contributed by atoms with van der Waals surface area (Å²) in [4.78, 5) is 96.9. The highest BCUT2D eigenvalue weighted by Gasteiger charge is 2.40. The molecular weight excluding hydrogens is 883 g/mol. The van der Waals surface area contributed by atoms with E-state index >= 15 is 0 Å². The van der Waals surface area contributed by atoms with Crippen LogP contribution >= 0.6 is 12.0 Å². The Balaban J connectivity index is 1.95. The first-order valence-electron chi connectivity index (χ1n) is 23.7. The van der Waals surface area contributed by atoms with Gasteiger partial charge in [-0.15, -0.1) is 0 Å². The number of likely N-dealkylation sites (N-methyl/N-ethyl adjacent to an activating group) is 2. The molecule has 380 valence electrons. The molecule has 0 aromatic heterocycles. The lowest BCUT2D eigenvalue weighted by molar-refractivity contribution is -0.144. The molecule has 1 aliphatic rings. The summed E-state index contributed by atoms with van der Waals surface area (Å²) in [5.74, 6) is -2.59. The van der Waals surface area contributed by atoms with Gasteiger partial charge in [0.2, 0.25) is 35.4 Å². The monoisotopic (exact) mass is 964 g/mol. The van der Waals surface area contributed by atoms with Gasteiger partial charge < -0.3 is 49.5 Å². The maximum Gasteiger partial charge on any atom is 0.410 e. The molecule has 67 heavy (non-hydrogen) atoms. The predicted molar refractivity (Wildman–Crippen MR) is 260 cm³/mol. The van der Waals surface area contributed by atoms with Crippen molar-refractivity contribution in [1.82, 2.24) is 30.7 Å². The molecule has 7 amide bonds. The van der Waals surface area contributed by atoms with Crippen molar-refractivity contribution in [1.29, 1.82) is 0 Å². The van der Waals surface area contributed by atoms with E-state index in [4.69, 9.17) is 18.4 Å². The molecule has 19 heteroatoms. The van der Waals surface area contributed by atoms with Crippen LogP contribution in [0.15, 0.2) is 24.3 Å². The average molecular weight is 964 g/mol. The van der Waals surface area contributed by atoms with Gasteiger partial charge in [0.25, 0.3) is 0 Å². The number of carbonyl (C=O) groups excluding carboxylic acids is 7. The lowest BCUT2D eigenvalue weighted by Crippen LogP contribution is -2.55. The van der Waals surface area contributed by atoms with Crippen LogP contribution in [-0.4, -0.2) is 153 Å². The number of likely N-dealkylation sites (tertiary alicyclic amines) is 1. The Morgan fingerprint density at radius 3 is 2.04 bits per heavy atom. The summed E-state index contributed by atoms with van der Waals surface area (Å²) in [6.07, 6.45) is 2.99. The van der Waals surface area contributed by atoms with E-state index in [1.807, 2.05) is 25.7 Å². The number of methoxy groups -OCH3 is 2. The molecule has 4 unspecified atom stereocenters. The second-order valence-electron chi connectivity index (χ2n) is 18.4. The molecule has 1 aromatic carbocycles. The molecule has 7 atom stereocenters. The number of anilines is 1. The van der Waals surface area contributed by atoms with Gasteiger partial charge >= 0.3 is 6.09 Å². The van der Waals surface area contributed by atoms with Crippen molar-refractivity contribution >= 4 is 59.3 Å². The van der Waals surface area contributed by atoms with Crippen LogP contribution in [0.5, 0.6) is 0 Å². The molecule has 0 radical (unpaired) electrons. The predicted octanol–water partition coefficient (Wildman–Crippen LogP) is 5.00. The first-order valence-corrected chi connectivity index (χ1v) is 24.6. The fraction of sp³-hybridized carbons (Fsp3) is 0.729. The number of hydrogen-bond acceptors (Lipinski definition) is 12. The zero-order chi connectivity index (χ0) is 50.4. The fourth-order valence-electron chi connectivity index (χ4n) is 8.31. The van der Waals surface area contributed by atoms with Gasteiger partial charge in [0, 0.05) is 52.6 Å². The maximum absolute atomic E-state index is 13.8. The van der Waals surface area contributed by atoms with Gasteiger partial charge in [-0.2, -0.15) is 0 Å². The van der Waals surface area contributed by atoms with Crippen molar-refractivity contribution in [3.05, 3.63) is 29.8 Å². The number of unbranched alkanes of at least 4 members (excludes halogenated alkanes) is 1. The molecule has 0 aliphatic carbocycles. The molecule has 18 nitrogen and oxygen atoms in total. The third-order valence-corrected chi connectivity index (χ3v) is 12.9. The number of amides is 7. The van der Waals surface area contributed by atoms with Gasteiger partial charge in [-0.25, -0.2) is 4.79 Å². The van der Waals surface area contributed by atoms with Gasteiger partial charge in [-0.1, -0.05) is 87.3 Å². The molecule has 0 saturated carbocycles. The minimum absolute atomic E-state index is 0.0304. The van der Waals surface area contributed by atoms with E-state index in [-0.39, 0.29) is 85.4 Å². The van der Waals surface area contributed by atoms with Crippen LogP contribution in [0.4, 0.5) is 10.5 Å². The summed E-state index contributed by atoms with van der Waals surface area (Å²) >= 11 is 1.03. The molecule has 1 heterocycles. The largest absolute Gasteiger partial charge is 0.445 e. The smallest absolute Gasteiger partial charge is 0.410 e. The van der Waals surface area contributed by atoms with E-state index in [1.165, 1.54) is 11.9 Å². The third kappa shape index (κ3) is 18.9. The summed E-state index contributed by atoms with van der Waals surface area (Å²) in [6, 6.07) is 4.27. The molecule has 1 fully saturated rings. The molecule has 1 saturated heterocycles. The van der Waals surface area contributed by atoms with Crippen molar-refractivity contribution < 1.29 is 52.0 Å². The Hall–Kier alpha value is -4.46. The van der Waals surface area contributed by atoms with Gasteiger partial charge in [-0.05, 0) is 60.6 Å². The first-order chi connectivity index (χ1) is 31.7. The number of benzene rings is 1. The number of nitrogens with zero attached hydrogens (tertiary/aromatic N) is 3. The Labute approximate surface area is 403 Å². The van der Waals surface area contributed by atoms with Crippen molar-refractivity contribution in [2.45, 2.75) is 144 Å². The lowest BCUT2D eigenvalue weighted by Gasteiger charge is -2.39. The number of nitrogens with one attached hydrogen (secondary N) is 4. The Morgan fingerprint density at radius 1 is 0.821 bits per heavy atom. The summed E-state index contributed by atoms with van der Waals surface area (Å²) in [7, 11) is 6.34. The standard InChI is InChI=1S/C48H81N7O11S/c1-14-16-24-66-67-29-39(57)52-42(30(3)4)46(60)49-26-38(56)51-35-21-19-34(20-22-35)28-65-48(62)54(11)43(31(5)6)47(61)50-27-41(59)53(10)44(33(9)15-2)37(63-12)25-40(58)55-23-17-18-36(55)45(64-13)32(7)8/h19-22,30-33,36-37,42-45H,14-18,23-29H2,1-13H3,(H,49,60)(H,50,61)(H,51,56)(H,52,57)/t33?,36-,37+,42?,43?,44?,45+/m0/s1. The normalized spacial score (nSPS) is 16.4. The highest BCUT2D eigenvalue weighted by molar-refractivity contribution is 7.95. The van der Waals surface area contributed by atoms with Crippen LogP contribution in [0.1, 0.15) is 106 Å². The van der Waals surface area contributed by atoms with Crippen LogP contribution in [0, 0.1) is 23.7 Å². The Bertz CT molecular complexity index is 1730. The molecular formula is C48H81N7O11S. The van der Waals surface area contributed by atoms with E-state index < -0.39 is 48.0 Å². The molecule has 0 bridgehead atoms. The van der Waals surface area contributed by atoms with Crippen molar-refractivity contribution in [3.8, 4) is 0 Å². The topological polar surface area (TPSA) is 214 Å². The van der Waals surface area contributed by atoms with Crippen LogP contribution in [0.3, 0.4) is 0 Å². The van der Waals surface area contributed by atoms with Gasteiger partial charge in [0.05, 0.1) is 56.2 Å². The minimum Gasteiger partial charge on any atom is -0.445 e. The second-order valence-corrected chi connectivity index (χ2v) is 19.1. The van der Waals surface area contributed by atoms with E-state index in [9.17, 15) is 33.6 Å². The summed E-state index contributed by atoms with van der Waals surface area (Å²) < 4.78 is 22.6. The number of carbonyl (C=O) groups is 7. The number of ether oxygens (including phenoxy) is 3. The lowest BCUT2D eigenvalue weighted by atomic mass is 9.90. The molecule has 1 aromatic rings. The van der Waals surface area contributed by atoms with Gasteiger partial charge in [-0.3, -0.25) is 33.7 Å². The van der Waals surface area contributed by atoms with Crippen LogP contribution in [0.25, 0.3) is 0 Å². The van der Waals surface area contributed by atoms with Crippen molar-refractivity contribution in [2.75, 3.05) is 65.6 Å². The van der Waals surface area contributed by atoms with Crippen molar-refractivity contribution in [3.63, 3.8) is 0 Å². The first kappa shape index (κ1) is 58.7. The maximum atomic E-state index is 13.8. The summed E-state index contributed by atoms with van der Waals surface area (Å²) in [5, 5.41) is 10.7. The second kappa shape index (κ2) is 30.1. The van der Waals surface area contributed by atoms with Crippen LogP contribution in [-0.2, 0) is 53.8 Å². The van der Waals surface area contributed by atoms with Crippen LogP contribution in [0.2, 0.25) is 0 Å². The third-order valence-electron chi connectivity index (χ3n) is 12.2. The van der Waals surface area contributed by atoms with E-state index in [0.29, 0.717) is 24.4 Å². The number of hydrogen-bond donors (Lipinski definition) is 4. The zero-order valence-electron chi connectivity index (χ0n) is 42.3. The molecule has 0 spiro atoms. The van der Waals surface area contributed by atoms with Gasteiger partial charge in [0.15, 0.2) is 0 Å². The Kier molecular flexibility index (Phi) is 26.4. The van der Waals surface area contributed by atoms with E-state index in [1.54, 1.807) is 78.1 Å². The summed E-state index contributed by atoms with van der Waals surface area (Å²) in [5.41, 5.74) is 1.05. The molecule has 1 aliphatic heterocycles. The van der Waals surface area contributed by atoms with Crippen LogP contribution < -0.4 is 21.3 Å². The zero-order valence-corrected chi connectivity index (χ0v) is 43.1. The SMILES string of the molecule is CCCCOSCC(=O)NC(C(=O)NCC(=O)Nc1ccc(COC(=O)N(C)C(C(=O)NCC(=O)N(C)C(C(C)CC)[C@@H](CC(=O)N2CCC[C@H]2[C@H](OC)C(C)C)OC)C(C)C)cc1)C(C)C. The quantitative estimate of drug-likeness (QED) is 0.0618. The van der Waals surface area contributed by atoms with Crippen molar-refractivity contribution in [2.24, 2.45) is 23.7 Å².